The van der Waals surface area contributed by atoms with Crippen molar-refractivity contribution in [1.29, 1.82) is 0 Å². The molecule has 0 aliphatic rings. The van der Waals surface area contributed by atoms with E-state index in [1.807, 2.05) is 0 Å². The first-order chi connectivity index (χ1) is 8.47. The fourth-order valence-corrected chi connectivity index (χ4v) is 1.55. The maximum absolute atomic E-state index is 13.5. The molecule has 0 aliphatic heterocycles. The Morgan fingerprint density at radius 3 is 2.72 bits per heavy atom. The first kappa shape index (κ1) is 14.3. The molecule has 7 heteroatoms. The van der Waals surface area contributed by atoms with Crippen LogP contribution in [0.15, 0.2) is 12.1 Å². The van der Waals surface area contributed by atoms with E-state index in [-0.39, 0.29) is 12.6 Å². The smallest absolute Gasteiger partial charge is 0.295 e. The minimum atomic E-state index is -1.26. The van der Waals surface area contributed by atoms with Crippen LogP contribution >= 0.6 is 0 Å². The number of benzene rings is 1. The summed E-state index contributed by atoms with van der Waals surface area (Å²) >= 11 is 0. The van der Waals surface area contributed by atoms with E-state index in [2.05, 4.69) is 5.32 Å². The number of nitro benzene ring substituents is 1. The quantitative estimate of drug-likeness (QED) is 0.608. The predicted molar refractivity (Wildman–Crippen MR) is 62.4 cm³/mol. The molecule has 0 radical (unpaired) electrons. The number of halogens is 2. The number of nitrogens with one attached hydrogen (secondary N) is 1. The molecule has 0 heterocycles. The van der Waals surface area contributed by atoms with Gasteiger partial charge in [-0.1, -0.05) is 0 Å². The van der Waals surface area contributed by atoms with Gasteiger partial charge in [0.1, 0.15) is 0 Å². The van der Waals surface area contributed by atoms with Gasteiger partial charge in [-0.25, -0.2) is 8.78 Å². The summed E-state index contributed by atoms with van der Waals surface area (Å²) in [6, 6.07) is 1.32. The summed E-state index contributed by atoms with van der Waals surface area (Å²) in [5.41, 5.74) is -0.963. The van der Waals surface area contributed by atoms with Crippen LogP contribution in [-0.4, -0.2) is 22.7 Å². The molecular weight excluding hydrogens is 246 g/mol. The van der Waals surface area contributed by atoms with Crippen molar-refractivity contribution in [2.24, 2.45) is 0 Å². The molecule has 1 aromatic carbocycles. The second kappa shape index (κ2) is 6.25. The first-order valence-corrected chi connectivity index (χ1v) is 5.47. The zero-order chi connectivity index (χ0) is 13.7. The minimum Gasteiger partial charge on any atom is -0.396 e. The van der Waals surface area contributed by atoms with Crippen molar-refractivity contribution in [3.63, 3.8) is 0 Å². The summed E-state index contributed by atoms with van der Waals surface area (Å²) in [4.78, 5) is 9.94. The zero-order valence-electron chi connectivity index (χ0n) is 9.82. The third-order valence-corrected chi connectivity index (χ3v) is 2.46. The summed E-state index contributed by atoms with van der Waals surface area (Å²) in [5, 5.41) is 21.9. The normalized spacial score (nSPS) is 12.2. The second-order valence-electron chi connectivity index (χ2n) is 3.92. The van der Waals surface area contributed by atoms with Crippen LogP contribution in [0.1, 0.15) is 19.8 Å². The van der Waals surface area contributed by atoms with Gasteiger partial charge in [-0.2, -0.15) is 0 Å². The van der Waals surface area contributed by atoms with Crippen LogP contribution in [0.4, 0.5) is 20.2 Å². The minimum absolute atomic E-state index is 0.0280. The molecule has 0 saturated heterocycles. The Kier molecular flexibility index (Phi) is 4.96. The average molecular weight is 260 g/mol. The summed E-state index contributed by atoms with van der Waals surface area (Å²) in [6.07, 6.45) is 0.961. The van der Waals surface area contributed by atoms with E-state index >= 15 is 0 Å². The molecule has 0 amide bonds. The van der Waals surface area contributed by atoms with Crippen LogP contribution in [0.3, 0.4) is 0 Å². The molecule has 0 aromatic heterocycles. The lowest BCUT2D eigenvalue weighted by molar-refractivity contribution is -0.384. The number of aliphatic hydroxyl groups is 1. The van der Waals surface area contributed by atoms with E-state index in [0.29, 0.717) is 12.8 Å². The maximum atomic E-state index is 13.5. The van der Waals surface area contributed by atoms with E-state index in [9.17, 15) is 18.9 Å². The van der Waals surface area contributed by atoms with Gasteiger partial charge in [-0.05, 0) is 25.8 Å². The van der Waals surface area contributed by atoms with Gasteiger partial charge >= 0.3 is 0 Å². The number of hydrogen-bond acceptors (Lipinski definition) is 4. The Balaban J connectivity index is 2.98. The molecule has 0 fully saturated rings. The fourth-order valence-electron chi connectivity index (χ4n) is 1.55. The van der Waals surface area contributed by atoms with E-state index in [1.165, 1.54) is 0 Å². The number of rotatable bonds is 6. The highest BCUT2D eigenvalue weighted by Crippen LogP contribution is 2.29. The van der Waals surface area contributed by atoms with E-state index in [1.54, 1.807) is 6.92 Å². The van der Waals surface area contributed by atoms with Gasteiger partial charge in [0.05, 0.1) is 4.92 Å². The third-order valence-electron chi connectivity index (χ3n) is 2.46. The van der Waals surface area contributed by atoms with Crippen molar-refractivity contribution in [3.05, 3.63) is 33.9 Å². The highest BCUT2D eigenvalue weighted by Gasteiger charge is 2.22. The van der Waals surface area contributed by atoms with Gasteiger partial charge in [0, 0.05) is 18.7 Å². The highest BCUT2D eigenvalue weighted by atomic mass is 19.2. The van der Waals surface area contributed by atoms with Crippen LogP contribution in [-0.2, 0) is 0 Å². The van der Waals surface area contributed by atoms with Crippen LogP contribution in [0.25, 0.3) is 0 Å². The molecule has 1 rings (SSSR count). The first-order valence-electron chi connectivity index (χ1n) is 5.47. The van der Waals surface area contributed by atoms with Crippen molar-refractivity contribution in [2.45, 2.75) is 25.8 Å². The predicted octanol–water partition coefficient (Wildman–Crippen LogP) is 2.45. The molecule has 1 unspecified atom stereocenters. The van der Waals surface area contributed by atoms with Crippen LogP contribution < -0.4 is 5.32 Å². The van der Waals surface area contributed by atoms with Gasteiger partial charge in [-0.15, -0.1) is 0 Å². The summed E-state index contributed by atoms with van der Waals surface area (Å²) < 4.78 is 26.6. The highest BCUT2D eigenvalue weighted by molar-refractivity contribution is 5.62. The lowest BCUT2D eigenvalue weighted by atomic mass is 10.1. The molecule has 1 aromatic rings. The summed E-state index contributed by atoms with van der Waals surface area (Å²) in [6.45, 7) is 1.64. The van der Waals surface area contributed by atoms with Crippen LogP contribution in [0.2, 0.25) is 0 Å². The molecule has 0 aliphatic carbocycles. The Morgan fingerprint density at radius 2 is 2.17 bits per heavy atom. The summed E-state index contributed by atoms with van der Waals surface area (Å²) in [5.74, 6) is -2.41. The Morgan fingerprint density at radius 1 is 1.50 bits per heavy atom. The van der Waals surface area contributed by atoms with Crippen LogP contribution in [0, 0.1) is 21.7 Å². The molecule has 5 nitrogen and oxygen atoms in total. The van der Waals surface area contributed by atoms with Crippen molar-refractivity contribution in [3.8, 4) is 0 Å². The monoisotopic (exact) mass is 260 g/mol. The molecule has 18 heavy (non-hydrogen) atoms. The van der Waals surface area contributed by atoms with Gasteiger partial charge in [-0.3, -0.25) is 10.1 Å². The van der Waals surface area contributed by atoms with Gasteiger partial charge < -0.3 is 10.4 Å². The van der Waals surface area contributed by atoms with E-state index in [4.69, 9.17) is 5.11 Å². The van der Waals surface area contributed by atoms with Crippen molar-refractivity contribution in [1.82, 2.24) is 0 Å². The molecule has 0 bridgehead atoms. The maximum Gasteiger partial charge on any atom is 0.295 e. The zero-order valence-corrected chi connectivity index (χ0v) is 9.82. The Bertz CT molecular complexity index is 441. The summed E-state index contributed by atoms with van der Waals surface area (Å²) in [7, 11) is 0. The van der Waals surface area contributed by atoms with Gasteiger partial charge in [0.15, 0.2) is 17.3 Å². The lowest BCUT2D eigenvalue weighted by Gasteiger charge is -2.15. The molecule has 0 spiro atoms. The molecule has 0 saturated carbocycles. The number of hydrogen-bond donors (Lipinski definition) is 2. The van der Waals surface area contributed by atoms with Gasteiger partial charge in [0.25, 0.3) is 5.69 Å². The SMILES string of the molecule is CC(CCCO)Nc1c([N+](=O)[O-])ccc(F)c1F. The molecule has 100 valence electrons. The largest absolute Gasteiger partial charge is 0.396 e. The van der Waals surface area contributed by atoms with Gasteiger partial charge in [0.2, 0.25) is 0 Å². The standard InChI is InChI=1S/C11H14F2N2O3/c1-7(3-2-6-16)14-11-9(15(17)18)5-4-8(12)10(11)13/h4-5,7,14,16H,2-3,6H2,1H3. The fraction of sp³-hybridized carbons (Fsp3) is 0.455. The number of anilines is 1. The average Bonchev–Trinajstić information content (AvgIpc) is 2.32. The van der Waals surface area contributed by atoms with Crippen molar-refractivity contribution in [2.75, 3.05) is 11.9 Å². The van der Waals surface area contributed by atoms with E-state index < -0.39 is 27.9 Å². The number of aliphatic hydroxyl groups excluding tert-OH is 1. The second-order valence-corrected chi connectivity index (χ2v) is 3.92. The molecule has 1 atom stereocenters. The Hall–Kier alpha value is -1.76. The molecule has 2 N–H and O–H groups in total. The lowest BCUT2D eigenvalue weighted by Crippen LogP contribution is -2.18. The van der Waals surface area contributed by atoms with Crippen molar-refractivity contribution < 1.29 is 18.8 Å². The van der Waals surface area contributed by atoms with Crippen LogP contribution in [0.5, 0.6) is 0 Å². The van der Waals surface area contributed by atoms with Crippen molar-refractivity contribution >= 4 is 11.4 Å². The topological polar surface area (TPSA) is 75.4 Å². The number of nitrogens with zero attached hydrogens (tertiary/aromatic N) is 1. The Labute approximate surface area is 103 Å². The molecular formula is C11H14F2N2O3. The third kappa shape index (κ3) is 3.36. The number of nitro groups is 1. The van der Waals surface area contributed by atoms with E-state index in [0.717, 1.165) is 12.1 Å².